The second-order valence-corrected chi connectivity index (χ2v) is 6.58. The van der Waals surface area contributed by atoms with E-state index in [1.807, 2.05) is 0 Å². The molecule has 0 radical (unpaired) electrons. The summed E-state index contributed by atoms with van der Waals surface area (Å²) in [5.41, 5.74) is -0.0152. The van der Waals surface area contributed by atoms with Crippen LogP contribution in [-0.2, 0) is 0 Å². The highest BCUT2D eigenvalue weighted by Crippen LogP contribution is 2.61. The maximum atomic E-state index is 10.2. The minimum atomic E-state index is -0.208. The molecule has 0 aromatic rings. The van der Waals surface area contributed by atoms with Gasteiger partial charge in [-0.1, -0.05) is 20.3 Å². The molecule has 2 heteroatoms. The van der Waals surface area contributed by atoms with Gasteiger partial charge < -0.3 is 5.11 Å². The second-order valence-electron chi connectivity index (χ2n) is 6.58. The summed E-state index contributed by atoms with van der Waals surface area (Å²) in [6, 6.07) is 2.56. The molecule has 0 saturated heterocycles. The largest absolute Gasteiger partial charge is 0.393 e. The Morgan fingerprint density at radius 2 is 2.12 bits per heavy atom. The van der Waals surface area contributed by atoms with Gasteiger partial charge in [0.2, 0.25) is 0 Å². The van der Waals surface area contributed by atoms with E-state index < -0.39 is 0 Å². The van der Waals surface area contributed by atoms with Crippen LogP contribution in [0.3, 0.4) is 0 Å². The molecule has 2 saturated carbocycles. The smallest absolute Gasteiger partial charge is 0.0689 e. The highest BCUT2D eigenvalue weighted by Gasteiger charge is 2.56. The van der Waals surface area contributed by atoms with Gasteiger partial charge in [0.15, 0.2) is 0 Å². The average Bonchev–Trinajstić information content (AvgIpc) is 2.67. The van der Waals surface area contributed by atoms with Gasteiger partial charge in [-0.25, -0.2) is 0 Å². The molecule has 0 unspecified atom stereocenters. The summed E-state index contributed by atoms with van der Waals surface area (Å²) in [4.78, 5) is 0. The monoisotopic (exact) mass is 235 g/mol. The third kappa shape index (κ3) is 1.80. The third-order valence-corrected chi connectivity index (χ3v) is 5.85. The van der Waals surface area contributed by atoms with E-state index in [4.69, 9.17) is 0 Å². The van der Waals surface area contributed by atoms with Gasteiger partial charge in [-0.05, 0) is 56.3 Å². The molecule has 2 rings (SSSR count). The van der Waals surface area contributed by atoms with E-state index in [0.717, 1.165) is 32.1 Å². The maximum absolute atomic E-state index is 10.2. The SMILES string of the molecule is CC[C@](C)(C#N)[C@H]1CC[C@H]2[C@@H](O)CCC[C@]21C. The predicted octanol–water partition coefficient (Wildman–Crippen LogP) is 3.50. The lowest BCUT2D eigenvalue weighted by molar-refractivity contribution is -0.0369. The first kappa shape index (κ1) is 12.9. The highest BCUT2D eigenvalue weighted by atomic mass is 16.3. The Balaban J connectivity index is 2.30. The molecular formula is C15H25NO. The average molecular weight is 235 g/mol. The first-order chi connectivity index (χ1) is 7.98. The fourth-order valence-corrected chi connectivity index (χ4v) is 4.60. The van der Waals surface area contributed by atoms with E-state index in [2.05, 4.69) is 26.8 Å². The van der Waals surface area contributed by atoms with E-state index in [1.165, 1.54) is 6.42 Å². The number of aliphatic hydroxyl groups is 1. The number of nitriles is 1. The van der Waals surface area contributed by atoms with Crippen molar-refractivity contribution in [3.05, 3.63) is 0 Å². The number of aliphatic hydroxyl groups excluding tert-OH is 1. The van der Waals surface area contributed by atoms with Gasteiger partial charge in [-0.3, -0.25) is 0 Å². The Morgan fingerprint density at radius 3 is 2.71 bits per heavy atom. The third-order valence-electron chi connectivity index (χ3n) is 5.85. The van der Waals surface area contributed by atoms with Crippen molar-refractivity contribution in [2.75, 3.05) is 0 Å². The van der Waals surface area contributed by atoms with Gasteiger partial charge >= 0.3 is 0 Å². The van der Waals surface area contributed by atoms with Crippen molar-refractivity contribution in [2.24, 2.45) is 22.7 Å². The molecule has 2 aliphatic rings. The molecule has 0 amide bonds. The minimum absolute atomic E-state index is 0.126. The van der Waals surface area contributed by atoms with Crippen LogP contribution in [0.2, 0.25) is 0 Å². The number of hydrogen-bond acceptors (Lipinski definition) is 2. The number of nitrogens with zero attached hydrogens (tertiary/aromatic N) is 1. The summed E-state index contributed by atoms with van der Waals surface area (Å²) in [5, 5.41) is 19.7. The van der Waals surface area contributed by atoms with Gasteiger partial charge in [0.1, 0.15) is 0 Å². The van der Waals surface area contributed by atoms with E-state index in [-0.39, 0.29) is 16.9 Å². The van der Waals surface area contributed by atoms with Crippen molar-refractivity contribution in [3.63, 3.8) is 0 Å². The van der Waals surface area contributed by atoms with Crippen LogP contribution in [0, 0.1) is 34.0 Å². The fraction of sp³-hybridized carbons (Fsp3) is 0.933. The number of rotatable bonds is 2. The summed E-state index contributed by atoms with van der Waals surface area (Å²) < 4.78 is 0. The molecule has 96 valence electrons. The summed E-state index contributed by atoms with van der Waals surface area (Å²) in [6.45, 7) is 6.56. The lowest BCUT2D eigenvalue weighted by Gasteiger charge is -2.47. The highest BCUT2D eigenvalue weighted by molar-refractivity contribution is 5.11. The molecule has 17 heavy (non-hydrogen) atoms. The van der Waals surface area contributed by atoms with Gasteiger partial charge in [-0.15, -0.1) is 0 Å². The molecule has 0 bridgehead atoms. The molecule has 2 aliphatic carbocycles. The Hall–Kier alpha value is -0.550. The van der Waals surface area contributed by atoms with E-state index in [0.29, 0.717) is 11.8 Å². The van der Waals surface area contributed by atoms with Crippen molar-refractivity contribution in [3.8, 4) is 6.07 Å². The Labute approximate surface area is 105 Å². The zero-order chi connectivity index (χ0) is 12.7. The fourth-order valence-electron chi connectivity index (χ4n) is 4.60. The van der Waals surface area contributed by atoms with E-state index >= 15 is 0 Å². The van der Waals surface area contributed by atoms with Gasteiger partial charge in [0, 0.05) is 0 Å². The Morgan fingerprint density at radius 1 is 1.41 bits per heavy atom. The molecule has 2 fully saturated rings. The maximum Gasteiger partial charge on any atom is 0.0689 e. The van der Waals surface area contributed by atoms with E-state index in [1.54, 1.807) is 0 Å². The summed E-state index contributed by atoms with van der Waals surface area (Å²) in [7, 11) is 0. The zero-order valence-corrected chi connectivity index (χ0v) is 11.4. The number of hydrogen-bond donors (Lipinski definition) is 1. The van der Waals surface area contributed by atoms with Gasteiger partial charge in [0.25, 0.3) is 0 Å². The summed E-state index contributed by atoms with van der Waals surface area (Å²) in [6.07, 6.45) is 6.30. The van der Waals surface area contributed by atoms with Crippen molar-refractivity contribution < 1.29 is 5.11 Å². The molecule has 5 atom stereocenters. The predicted molar refractivity (Wildman–Crippen MR) is 68.2 cm³/mol. The molecule has 0 spiro atoms. The van der Waals surface area contributed by atoms with Crippen LogP contribution in [0.1, 0.15) is 59.3 Å². The van der Waals surface area contributed by atoms with Crippen LogP contribution < -0.4 is 0 Å². The first-order valence-electron chi connectivity index (χ1n) is 7.07. The van der Waals surface area contributed by atoms with Crippen LogP contribution in [0.4, 0.5) is 0 Å². The molecular weight excluding hydrogens is 210 g/mol. The normalized spacial score (nSPS) is 44.8. The standard InChI is InChI=1S/C15H25NO/c1-4-14(2,10-16)13-8-7-11-12(17)6-5-9-15(11,13)3/h11-13,17H,4-9H2,1-3H3/t11-,12-,13+,14+,15+/m0/s1. The molecule has 0 aliphatic heterocycles. The zero-order valence-electron chi connectivity index (χ0n) is 11.4. The van der Waals surface area contributed by atoms with Crippen molar-refractivity contribution in [2.45, 2.75) is 65.4 Å². The van der Waals surface area contributed by atoms with Crippen LogP contribution in [0.25, 0.3) is 0 Å². The van der Waals surface area contributed by atoms with Crippen molar-refractivity contribution in [1.29, 1.82) is 5.26 Å². The van der Waals surface area contributed by atoms with E-state index in [9.17, 15) is 10.4 Å². The van der Waals surface area contributed by atoms with Gasteiger partial charge in [0.05, 0.1) is 17.6 Å². The van der Waals surface area contributed by atoms with Crippen LogP contribution in [0.15, 0.2) is 0 Å². The molecule has 0 heterocycles. The van der Waals surface area contributed by atoms with Gasteiger partial charge in [-0.2, -0.15) is 5.26 Å². The molecule has 0 aromatic heterocycles. The molecule has 1 N–H and O–H groups in total. The lowest BCUT2D eigenvalue weighted by atomic mass is 9.57. The topological polar surface area (TPSA) is 44.0 Å². The first-order valence-corrected chi connectivity index (χ1v) is 7.07. The van der Waals surface area contributed by atoms with Crippen LogP contribution in [-0.4, -0.2) is 11.2 Å². The quantitative estimate of drug-likeness (QED) is 0.796. The Bertz CT molecular complexity index is 334. The van der Waals surface area contributed by atoms with Crippen molar-refractivity contribution in [1.82, 2.24) is 0 Å². The van der Waals surface area contributed by atoms with Crippen molar-refractivity contribution >= 4 is 0 Å². The van der Waals surface area contributed by atoms with Crippen LogP contribution in [0.5, 0.6) is 0 Å². The van der Waals surface area contributed by atoms with Crippen LogP contribution >= 0.6 is 0 Å². The summed E-state index contributed by atoms with van der Waals surface area (Å²) >= 11 is 0. The molecule has 0 aromatic carbocycles. The Kier molecular flexibility index (Phi) is 3.25. The number of fused-ring (bicyclic) bond motifs is 1. The second kappa shape index (κ2) is 4.28. The summed E-state index contributed by atoms with van der Waals surface area (Å²) in [5.74, 6) is 0.894. The lowest BCUT2D eigenvalue weighted by Crippen LogP contribution is -2.44. The minimum Gasteiger partial charge on any atom is -0.393 e. The molecule has 2 nitrogen and oxygen atoms in total.